The fourth-order valence-electron chi connectivity index (χ4n) is 6.52. The second-order valence-corrected chi connectivity index (χ2v) is 14.7. The van der Waals surface area contributed by atoms with Crippen LogP contribution in [-0.4, -0.2) is 93.3 Å². The fourth-order valence-corrected chi connectivity index (χ4v) is 7.49. The van der Waals surface area contributed by atoms with Crippen LogP contribution in [0.2, 0.25) is 0 Å². The first-order valence-electron chi connectivity index (χ1n) is 16.7. The Labute approximate surface area is 299 Å². The van der Waals surface area contributed by atoms with Gasteiger partial charge in [-0.15, -0.1) is 4.31 Å². The number of hydrogen-bond acceptors (Lipinski definition) is 7. The molecule has 2 fully saturated rings. The van der Waals surface area contributed by atoms with E-state index >= 15 is 0 Å². The molecule has 0 radical (unpaired) electrons. The van der Waals surface area contributed by atoms with E-state index in [-0.39, 0.29) is 69.2 Å². The average Bonchev–Trinajstić information content (AvgIpc) is 3.40. The molecular formula is C35H39F7N4O5S. The van der Waals surface area contributed by atoms with E-state index in [9.17, 15) is 50.0 Å². The smallest absolute Gasteiger partial charge is 0.419 e. The summed E-state index contributed by atoms with van der Waals surface area (Å²) < 4.78 is 112. The molecule has 3 heterocycles. The Morgan fingerprint density at radius 3 is 2.25 bits per heavy atom. The second kappa shape index (κ2) is 15.4. The highest BCUT2D eigenvalue weighted by Gasteiger charge is 2.48. The van der Waals surface area contributed by atoms with Gasteiger partial charge in [0.1, 0.15) is 29.2 Å². The first kappa shape index (κ1) is 39.5. The number of amidine groups is 1. The minimum atomic E-state index is -4.89. The van der Waals surface area contributed by atoms with Crippen LogP contribution in [0.3, 0.4) is 0 Å². The SMILES string of the molecule is Cc1cc(C(=O)N2CCC(O)(CF)CC2)cc(C)c1/C=C/[S+]([O-])N1CCC2(CC1)N=C(c1ccc(OCCCC(F)(F)F)c(C(F)(F)F)c1)NC2=O. The van der Waals surface area contributed by atoms with Crippen LogP contribution < -0.4 is 10.1 Å². The van der Waals surface area contributed by atoms with Crippen LogP contribution in [0.4, 0.5) is 30.7 Å². The van der Waals surface area contributed by atoms with Crippen LogP contribution >= 0.6 is 0 Å². The average molecular weight is 761 g/mol. The van der Waals surface area contributed by atoms with E-state index in [0.717, 1.165) is 28.8 Å². The number of halogens is 7. The van der Waals surface area contributed by atoms with Gasteiger partial charge in [0.25, 0.3) is 11.8 Å². The van der Waals surface area contributed by atoms with Gasteiger partial charge in [0.2, 0.25) is 0 Å². The van der Waals surface area contributed by atoms with Gasteiger partial charge in [0.15, 0.2) is 0 Å². The van der Waals surface area contributed by atoms with Crippen molar-refractivity contribution in [3.8, 4) is 5.75 Å². The molecule has 2 N–H and O–H groups in total. The molecule has 3 aliphatic rings. The Hall–Kier alpha value is -3.67. The Balaban J connectivity index is 1.21. The molecule has 5 rings (SSSR count). The highest BCUT2D eigenvalue weighted by Crippen LogP contribution is 2.39. The Kier molecular flexibility index (Phi) is 11.7. The normalized spacial score (nSPS) is 19.9. The molecule has 52 heavy (non-hydrogen) atoms. The Bertz CT molecular complexity index is 1690. The van der Waals surface area contributed by atoms with Crippen LogP contribution in [0, 0.1) is 13.8 Å². The summed E-state index contributed by atoms with van der Waals surface area (Å²) in [7, 11) is 0. The summed E-state index contributed by atoms with van der Waals surface area (Å²) in [5, 5.41) is 14.2. The number of aryl methyl sites for hydroxylation is 2. The van der Waals surface area contributed by atoms with E-state index in [1.54, 1.807) is 27.4 Å². The fraction of sp³-hybridized carbons (Fsp3) is 0.514. The summed E-state index contributed by atoms with van der Waals surface area (Å²) in [4.78, 5) is 32.3. The first-order valence-corrected chi connectivity index (χ1v) is 17.9. The summed E-state index contributed by atoms with van der Waals surface area (Å²) >= 11 is -1.61. The molecular weight excluding hydrogens is 721 g/mol. The van der Waals surface area contributed by atoms with E-state index in [4.69, 9.17) is 4.74 Å². The number of carbonyl (C=O) groups is 2. The van der Waals surface area contributed by atoms with Crippen molar-refractivity contribution in [2.45, 2.75) is 75.9 Å². The predicted octanol–water partition coefficient (Wildman–Crippen LogP) is 6.03. The highest BCUT2D eigenvalue weighted by atomic mass is 32.2. The van der Waals surface area contributed by atoms with Gasteiger partial charge in [-0.25, -0.2) is 4.39 Å². The number of nitrogens with one attached hydrogen (secondary N) is 1. The number of aliphatic hydroxyl groups is 1. The number of amides is 2. The van der Waals surface area contributed by atoms with Crippen LogP contribution in [-0.2, 0) is 22.3 Å². The lowest BCUT2D eigenvalue weighted by atomic mass is 9.89. The lowest BCUT2D eigenvalue weighted by Gasteiger charge is -2.36. The van der Waals surface area contributed by atoms with E-state index < -0.39 is 78.2 Å². The number of hydrogen-bond donors (Lipinski definition) is 2. The van der Waals surface area contributed by atoms with Crippen molar-refractivity contribution in [1.82, 2.24) is 14.5 Å². The van der Waals surface area contributed by atoms with E-state index in [2.05, 4.69) is 10.3 Å². The van der Waals surface area contributed by atoms with Crippen molar-refractivity contribution >= 4 is 35.1 Å². The number of rotatable bonds is 10. The molecule has 3 aliphatic heterocycles. The van der Waals surface area contributed by atoms with Gasteiger partial charge in [-0.05, 0) is 99.0 Å². The molecule has 17 heteroatoms. The lowest BCUT2D eigenvalue weighted by Crippen LogP contribution is -2.50. The second-order valence-electron chi connectivity index (χ2n) is 13.4. The molecule has 1 spiro atoms. The van der Waals surface area contributed by atoms with Gasteiger partial charge < -0.3 is 24.6 Å². The third-order valence-corrected chi connectivity index (χ3v) is 10.9. The van der Waals surface area contributed by atoms with Gasteiger partial charge in [-0.3, -0.25) is 14.6 Å². The zero-order valence-electron chi connectivity index (χ0n) is 28.5. The zero-order chi connectivity index (χ0) is 38.1. The molecule has 2 aromatic carbocycles. The van der Waals surface area contributed by atoms with E-state index in [1.807, 2.05) is 13.8 Å². The van der Waals surface area contributed by atoms with Crippen molar-refractivity contribution in [2.75, 3.05) is 39.5 Å². The summed E-state index contributed by atoms with van der Waals surface area (Å²) in [6, 6.07) is 6.42. The summed E-state index contributed by atoms with van der Waals surface area (Å²) in [6.45, 7) is 3.08. The molecule has 2 amide bonds. The molecule has 9 nitrogen and oxygen atoms in total. The minimum Gasteiger partial charge on any atom is -0.593 e. The van der Waals surface area contributed by atoms with Crippen molar-refractivity contribution in [3.05, 3.63) is 69.1 Å². The van der Waals surface area contributed by atoms with Crippen molar-refractivity contribution < 1.29 is 54.7 Å². The maximum absolute atomic E-state index is 13.9. The number of ether oxygens (including phenoxy) is 1. The molecule has 0 aliphatic carbocycles. The molecule has 2 aromatic rings. The third-order valence-electron chi connectivity index (χ3n) is 9.63. The summed E-state index contributed by atoms with van der Waals surface area (Å²) in [6.07, 6.45) is -8.78. The number of benzene rings is 2. The molecule has 1 unspecified atom stereocenters. The lowest BCUT2D eigenvalue weighted by molar-refractivity contribution is -0.141. The highest BCUT2D eigenvalue weighted by molar-refractivity contribution is 7.92. The topological polar surface area (TPSA) is 118 Å². The quantitative estimate of drug-likeness (QED) is 0.174. The largest absolute Gasteiger partial charge is 0.593 e. The van der Waals surface area contributed by atoms with Gasteiger partial charge >= 0.3 is 12.4 Å². The molecule has 0 aromatic heterocycles. The van der Waals surface area contributed by atoms with E-state index in [0.29, 0.717) is 5.56 Å². The van der Waals surface area contributed by atoms with Crippen molar-refractivity contribution in [3.63, 3.8) is 0 Å². The minimum absolute atomic E-state index is 0.0486. The standard InChI is InChI=1S/C35H39F7N4O5S/c1-22-18-25(30(47)45-12-8-32(49,21-36)9-13-45)19-23(2)26(22)6-17-52(50)46-14-10-33(11-15-46)31(48)43-29(44-33)24-4-5-28(27(20-24)35(40,41)42)51-16-3-7-34(37,38)39/h4-6,17-20,49H,3,7-16,21H2,1-2H3,(H,43,44,48)/b17-6+. The molecule has 0 bridgehead atoms. The van der Waals surface area contributed by atoms with Crippen LogP contribution in [0.1, 0.15) is 76.7 Å². The van der Waals surface area contributed by atoms with Crippen molar-refractivity contribution in [2.24, 2.45) is 4.99 Å². The van der Waals surface area contributed by atoms with Crippen molar-refractivity contribution in [1.29, 1.82) is 0 Å². The summed E-state index contributed by atoms with van der Waals surface area (Å²) in [5.41, 5.74) is -1.18. The zero-order valence-corrected chi connectivity index (χ0v) is 29.3. The molecule has 2 saturated heterocycles. The summed E-state index contributed by atoms with van der Waals surface area (Å²) in [5.74, 6) is -1.44. The van der Waals surface area contributed by atoms with Gasteiger partial charge in [-0.1, -0.05) is 0 Å². The number of alkyl halides is 7. The first-order chi connectivity index (χ1) is 24.3. The molecule has 1 atom stereocenters. The third kappa shape index (κ3) is 9.09. The molecule has 284 valence electrons. The number of carbonyl (C=O) groups excluding carboxylic acids is 2. The van der Waals surface area contributed by atoms with Gasteiger partial charge in [-0.2, -0.15) is 26.3 Å². The predicted molar refractivity (Wildman–Crippen MR) is 180 cm³/mol. The van der Waals surface area contributed by atoms with Crippen LogP contribution in [0.5, 0.6) is 5.75 Å². The number of aliphatic imine (C=N–C) groups is 1. The Morgan fingerprint density at radius 2 is 1.67 bits per heavy atom. The van der Waals surface area contributed by atoms with E-state index in [1.165, 1.54) is 11.5 Å². The molecule has 0 saturated carbocycles. The Morgan fingerprint density at radius 1 is 1.04 bits per heavy atom. The number of nitrogens with zero attached hydrogens (tertiary/aromatic N) is 3. The maximum atomic E-state index is 13.9. The monoisotopic (exact) mass is 760 g/mol. The van der Waals surface area contributed by atoms with Crippen LogP contribution in [0.25, 0.3) is 6.08 Å². The van der Waals surface area contributed by atoms with Gasteiger partial charge in [0, 0.05) is 43.7 Å². The van der Waals surface area contributed by atoms with Crippen LogP contribution in [0.15, 0.2) is 40.7 Å². The van der Waals surface area contributed by atoms with Gasteiger partial charge in [0.05, 0.1) is 29.1 Å². The maximum Gasteiger partial charge on any atom is 0.419 e. The number of likely N-dealkylation sites (tertiary alicyclic amines) is 1. The number of piperidine rings is 2.